The Balaban J connectivity index is 5.24. The molecular weight excluding hydrogens is 1370 g/mol. The highest BCUT2D eigenvalue weighted by atomic mass is 31.2. The van der Waals surface area contributed by atoms with Gasteiger partial charge in [-0.1, -0.05) is 402 Å². The van der Waals surface area contributed by atoms with E-state index in [1.807, 2.05) is 0 Å². The average Bonchev–Trinajstić information content (AvgIpc) is 0.906. The number of carbonyl (C=O) groups excluding carboxylic acids is 4. The number of carbonyl (C=O) groups is 4. The molecule has 0 radical (unpaired) electrons. The summed E-state index contributed by atoms with van der Waals surface area (Å²) in [4.78, 5) is 73.2. The van der Waals surface area contributed by atoms with Crippen LogP contribution in [0.15, 0.2) is 0 Å². The molecule has 3 unspecified atom stereocenters. The van der Waals surface area contributed by atoms with Crippen molar-refractivity contribution in [1.82, 2.24) is 0 Å². The molecule has 0 aromatic rings. The van der Waals surface area contributed by atoms with Crippen LogP contribution >= 0.6 is 15.6 Å². The molecule has 0 fully saturated rings. The minimum atomic E-state index is -4.97. The summed E-state index contributed by atoms with van der Waals surface area (Å²) in [6.07, 6.45) is 66.7. The van der Waals surface area contributed by atoms with E-state index in [0.29, 0.717) is 25.7 Å². The summed E-state index contributed by atoms with van der Waals surface area (Å²) in [5.41, 5.74) is 0. The van der Waals surface area contributed by atoms with Gasteiger partial charge in [0.25, 0.3) is 0 Å². The molecule has 0 bridgehead atoms. The largest absolute Gasteiger partial charge is 0.472 e. The molecule has 0 aliphatic rings. The van der Waals surface area contributed by atoms with Crippen LogP contribution in [0.1, 0.15) is 453 Å². The van der Waals surface area contributed by atoms with E-state index in [4.69, 9.17) is 37.0 Å². The van der Waals surface area contributed by atoms with E-state index < -0.39 is 97.5 Å². The molecule has 0 saturated heterocycles. The molecule has 17 nitrogen and oxygen atoms in total. The molecule has 0 aliphatic carbocycles. The van der Waals surface area contributed by atoms with E-state index in [1.54, 1.807) is 0 Å². The Hall–Kier alpha value is -1.94. The molecular formula is C86H168O17P2. The number of esters is 4. The highest BCUT2D eigenvalue weighted by Gasteiger charge is 2.30. The van der Waals surface area contributed by atoms with Crippen LogP contribution in [-0.2, 0) is 65.4 Å². The number of unbranched alkanes of at least 4 members (excludes halogenated alkanes) is 51. The first-order valence-corrected chi connectivity index (χ1v) is 47.4. The van der Waals surface area contributed by atoms with Crippen molar-refractivity contribution in [3.05, 3.63) is 0 Å². The number of aliphatic hydroxyl groups excluding tert-OH is 1. The molecule has 624 valence electrons. The lowest BCUT2D eigenvalue weighted by Gasteiger charge is -2.21. The van der Waals surface area contributed by atoms with Gasteiger partial charge in [-0.3, -0.25) is 37.3 Å². The topological polar surface area (TPSA) is 237 Å². The van der Waals surface area contributed by atoms with Crippen molar-refractivity contribution in [2.24, 2.45) is 17.8 Å². The van der Waals surface area contributed by atoms with Crippen molar-refractivity contribution >= 4 is 39.5 Å². The highest BCUT2D eigenvalue weighted by molar-refractivity contribution is 7.47. The van der Waals surface area contributed by atoms with Crippen molar-refractivity contribution in [1.29, 1.82) is 0 Å². The lowest BCUT2D eigenvalue weighted by Crippen LogP contribution is -2.30. The molecule has 6 atom stereocenters. The van der Waals surface area contributed by atoms with E-state index in [0.717, 1.165) is 108 Å². The first kappa shape index (κ1) is 103. The fourth-order valence-electron chi connectivity index (χ4n) is 13.3. The molecule has 0 aliphatic heterocycles. The van der Waals surface area contributed by atoms with Gasteiger partial charge in [-0.25, -0.2) is 9.13 Å². The standard InChI is InChI=1S/C86H168O17P2/c1-8-10-11-12-13-14-15-16-17-18-19-20-21-22-23-24-29-32-40-48-55-62-69-85(90)102-81(73-96-83(88)67-60-53-46-39-31-28-26-25-27-30-38-45-52-59-66-79(7)9-2)75-100-104(92,93)98-71-80(87)72-99-105(94,95)101-76-82(74-97-84(89)68-61-54-47-42-35-37-44-51-58-65-78(5)6)103-86(91)70-63-56-49-41-34-33-36-43-50-57-64-77(3)4/h77-82,87H,8-76H2,1-7H3,(H,92,93)(H,94,95)/t79?,80-,81-,82-/m1/s1. The maximum atomic E-state index is 13.1. The maximum Gasteiger partial charge on any atom is 0.472 e. The predicted molar refractivity (Wildman–Crippen MR) is 432 cm³/mol. The average molecular weight is 1540 g/mol. The third-order valence-electron chi connectivity index (χ3n) is 20.5. The molecule has 0 rings (SSSR count). The van der Waals surface area contributed by atoms with Gasteiger partial charge >= 0.3 is 39.5 Å². The Morgan fingerprint density at radius 1 is 0.276 bits per heavy atom. The number of hydrogen-bond donors (Lipinski definition) is 3. The third-order valence-corrected chi connectivity index (χ3v) is 22.4. The van der Waals surface area contributed by atoms with Gasteiger partial charge in [-0.15, -0.1) is 0 Å². The van der Waals surface area contributed by atoms with E-state index in [9.17, 15) is 43.2 Å². The van der Waals surface area contributed by atoms with E-state index >= 15 is 0 Å². The fraction of sp³-hybridized carbons (Fsp3) is 0.953. The molecule has 19 heteroatoms. The first-order valence-electron chi connectivity index (χ1n) is 44.4. The normalized spacial score (nSPS) is 14.1. The summed E-state index contributed by atoms with van der Waals surface area (Å²) in [6, 6.07) is 0. The van der Waals surface area contributed by atoms with Crippen LogP contribution in [0.5, 0.6) is 0 Å². The van der Waals surface area contributed by atoms with Gasteiger partial charge in [-0.05, 0) is 43.4 Å². The lowest BCUT2D eigenvalue weighted by molar-refractivity contribution is -0.161. The minimum absolute atomic E-state index is 0.106. The van der Waals surface area contributed by atoms with E-state index in [1.165, 1.54) is 263 Å². The quantitative estimate of drug-likeness (QED) is 0.0222. The number of ether oxygens (including phenoxy) is 4. The van der Waals surface area contributed by atoms with E-state index in [-0.39, 0.29) is 25.7 Å². The Kier molecular flexibility index (Phi) is 74.7. The van der Waals surface area contributed by atoms with Crippen LogP contribution < -0.4 is 0 Å². The molecule has 105 heavy (non-hydrogen) atoms. The second-order valence-corrected chi connectivity index (χ2v) is 35.0. The molecule has 3 N–H and O–H groups in total. The molecule has 0 aromatic heterocycles. The zero-order chi connectivity index (χ0) is 77.2. The number of phosphoric acid groups is 2. The van der Waals surface area contributed by atoms with Crippen molar-refractivity contribution in [3.8, 4) is 0 Å². The highest BCUT2D eigenvalue weighted by Crippen LogP contribution is 2.45. The Labute approximate surface area is 645 Å². The van der Waals surface area contributed by atoms with Gasteiger partial charge < -0.3 is 33.8 Å². The number of rotatable bonds is 84. The van der Waals surface area contributed by atoms with Gasteiger partial charge in [0, 0.05) is 25.7 Å². The third kappa shape index (κ3) is 78.5. The summed E-state index contributed by atoms with van der Waals surface area (Å²) < 4.78 is 68.9. The van der Waals surface area contributed by atoms with Gasteiger partial charge in [-0.2, -0.15) is 0 Å². The molecule has 0 spiro atoms. The summed E-state index contributed by atoms with van der Waals surface area (Å²) in [7, 11) is -9.93. The van der Waals surface area contributed by atoms with Gasteiger partial charge in [0.2, 0.25) is 0 Å². The number of hydrogen-bond acceptors (Lipinski definition) is 15. The van der Waals surface area contributed by atoms with Crippen LogP contribution in [0, 0.1) is 17.8 Å². The lowest BCUT2D eigenvalue weighted by atomic mass is 9.99. The minimum Gasteiger partial charge on any atom is -0.462 e. The van der Waals surface area contributed by atoms with Crippen LogP contribution in [-0.4, -0.2) is 96.7 Å². The monoisotopic (exact) mass is 1540 g/mol. The molecule has 0 amide bonds. The Bertz CT molecular complexity index is 2030. The SMILES string of the molecule is CCCCCCCCCCCCCCCCCCCCCCCCC(=O)O[C@H](COC(=O)CCCCCCCCCCCCCCCCC(C)CC)COP(=O)(O)OC[C@@H](O)COP(=O)(O)OC[C@@H](COC(=O)CCCCCCCCCCCC(C)C)OC(=O)CCCCCCCCCCCCC(C)C. The van der Waals surface area contributed by atoms with Crippen LogP contribution in [0.4, 0.5) is 0 Å². The Morgan fingerprint density at radius 2 is 0.486 bits per heavy atom. The second kappa shape index (κ2) is 76.1. The second-order valence-electron chi connectivity index (χ2n) is 32.1. The number of phosphoric ester groups is 2. The molecule has 0 saturated carbocycles. The molecule has 0 heterocycles. The summed E-state index contributed by atoms with van der Waals surface area (Å²) in [6.45, 7) is 12.0. The zero-order valence-corrected chi connectivity index (χ0v) is 71.0. The van der Waals surface area contributed by atoms with Crippen LogP contribution in [0.2, 0.25) is 0 Å². The number of aliphatic hydroxyl groups is 1. The Morgan fingerprint density at radius 3 is 0.724 bits per heavy atom. The molecule has 0 aromatic carbocycles. The van der Waals surface area contributed by atoms with Crippen molar-refractivity contribution in [2.75, 3.05) is 39.6 Å². The van der Waals surface area contributed by atoms with Crippen molar-refractivity contribution in [3.63, 3.8) is 0 Å². The fourth-order valence-corrected chi connectivity index (χ4v) is 14.9. The van der Waals surface area contributed by atoms with Gasteiger partial charge in [0.15, 0.2) is 12.2 Å². The van der Waals surface area contributed by atoms with E-state index in [2.05, 4.69) is 48.5 Å². The van der Waals surface area contributed by atoms with Crippen LogP contribution in [0.25, 0.3) is 0 Å². The summed E-state index contributed by atoms with van der Waals surface area (Å²) in [5.74, 6) is 0.239. The summed E-state index contributed by atoms with van der Waals surface area (Å²) in [5, 5.41) is 10.7. The van der Waals surface area contributed by atoms with Crippen LogP contribution in [0.3, 0.4) is 0 Å². The van der Waals surface area contributed by atoms with Gasteiger partial charge in [0.05, 0.1) is 26.4 Å². The first-order chi connectivity index (χ1) is 50.8. The van der Waals surface area contributed by atoms with Gasteiger partial charge in [0.1, 0.15) is 19.3 Å². The zero-order valence-electron chi connectivity index (χ0n) is 69.2. The predicted octanol–water partition coefficient (Wildman–Crippen LogP) is 26.1. The van der Waals surface area contributed by atoms with Crippen molar-refractivity contribution in [2.45, 2.75) is 471 Å². The summed E-state index contributed by atoms with van der Waals surface area (Å²) >= 11 is 0. The smallest absolute Gasteiger partial charge is 0.462 e. The van der Waals surface area contributed by atoms with Crippen molar-refractivity contribution < 1.29 is 80.2 Å². The maximum absolute atomic E-state index is 13.1.